The maximum atomic E-state index is 11.7. The molecule has 0 unspecified atom stereocenters. The van der Waals surface area contributed by atoms with Gasteiger partial charge >= 0.3 is 6.09 Å². The highest BCUT2D eigenvalue weighted by molar-refractivity contribution is 5.76. The smallest absolute Gasteiger partial charge is 0.409 e. The van der Waals surface area contributed by atoms with Gasteiger partial charge in [0.15, 0.2) is 0 Å². The number of nitrogens with zero attached hydrogens (tertiary/aromatic N) is 1. The van der Waals surface area contributed by atoms with Crippen molar-refractivity contribution in [2.24, 2.45) is 0 Å². The highest BCUT2D eigenvalue weighted by atomic mass is 16.6. The van der Waals surface area contributed by atoms with Crippen LogP contribution >= 0.6 is 0 Å². The number of hydrogen-bond donors (Lipinski definition) is 1. The Labute approximate surface area is 125 Å². The van der Waals surface area contributed by atoms with Gasteiger partial charge in [0.25, 0.3) is 0 Å². The van der Waals surface area contributed by atoms with Crippen LogP contribution < -0.4 is 5.32 Å². The van der Waals surface area contributed by atoms with Crippen molar-refractivity contribution in [3.8, 4) is 0 Å². The average Bonchev–Trinajstić information content (AvgIpc) is 2.87. The van der Waals surface area contributed by atoms with Crippen LogP contribution in [0, 0.1) is 6.92 Å². The number of carbonyl (C=O) groups excluding carboxylic acids is 2. The lowest BCUT2D eigenvalue weighted by atomic mass is 10.1. The number of ether oxygens (including phenoxy) is 1. The molecule has 5 heteroatoms. The Balaban J connectivity index is 1.58. The van der Waals surface area contributed by atoms with Gasteiger partial charge in [0.05, 0.1) is 6.54 Å². The third kappa shape index (κ3) is 5.10. The lowest BCUT2D eigenvalue weighted by molar-refractivity contribution is -0.121. The van der Waals surface area contributed by atoms with Crippen molar-refractivity contribution in [3.63, 3.8) is 0 Å². The zero-order chi connectivity index (χ0) is 15.1. The van der Waals surface area contributed by atoms with Crippen LogP contribution in [0.3, 0.4) is 0 Å². The lowest BCUT2D eigenvalue weighted by Crippen LogP contribution is -2.30. The zero-order valence-electron chi connectivity index (χ0n) is 12.4. The van der Waals surface area contributed by atoms with Crippen LogP contribution in [0.15, 0.2) is 24.3 Å². The first-order chi connectivity index (χ1) is 10.1. The molecule has 21 heavy (non-hydrogen) atoms. The Hall–Kier alpha value is -2.04. The van der Waals surface area contributed by atoms with Gasteiger partial charge in [-0.25, -0.2) is 4.79 Å². The Bertz CT molecular complexity index is 502. The molecule has 1 aromatic carbocycles. The summed E-state index contributed by atoms with van der Waals surface area (Å²) in [6.45, 7) is 4.40. The van der Waals surface area contributed by atoms with Crippen molar-refractivity contribution in [2.45, 2.75) is 26.2 Å². The van der Waals surface area contributed by atoms with Crippen molar-refractivity contribution in [1.82, 2.24) is 10.2 Å². The molecule has 2 rings (SSSR count). The normalized spacial score (nSPS) is 14.1. The lowest BCUT2D eigenvalue weighted by Gasteiger charge is -2.12. The number of carbonyl (C=O) groups is 2. The van der Waals surface area contributed by atoms with Crippen LogP contribution in [0.5, 0.6) is 0 Å². The summed E-state index contributed by atoms with van der Waals surface area (Å²) < 4.78 is 4.84. The number of cyclic esters (lactones) is 1. The van der Waals surface area contributed by atoms with Gasteiger partial charge in [-0.3, -0.25) is 4.79 Å². The molecule has 1 aromatic rings. The number of amides is 2. The molecule has 5 nitrogen and oxygen atoms in total. The predicted octanol–water partition coefficient (Wildman–Crippen LogP) is 1.89. The second-order valence-electron chi connectivity index (χ2n) is 5.29. The molecular weight excluding hydrogens is 268 g/mol. The van der Waals surface area contributed by atoms with Gasteiger partial charge in [0.1, 0.15) is 6.61 Å². The number of hydrogen-bond acceptors (Lipinski definition) is 3. The third-order valence-electron chi connectivity index (χ3n) is 3.50. The van der Waals surface area contributed by atoms with E-state index in [2.05, 4.69) is 11.4 Å². The fourth-order valence-corrected chi connectivity index (χ4v) is 2.34. The van der Waals surface area contributed by atoms with Crippen LogP contribution in [-0.4, -0.2) is 43.1 Å². The van der Waals surface area contributed by atoms with Crippen molar-refractivity contribution in [1.29, 1.82) is 0 Å². The molecule has 0 aliphatic carbocycles. The molecule has 2 amide bonds. The highest BCUT2D eigenvalue weighted by Crippen LogP contribution is 2.06. The van der Waals surface area contributed by atoms with Crippen molar-refractivity contribution >= 4 is 12.0 Å². The van der Waals surface area contributed by atoms with E-state index in [1.165, 1.54) is 11.1 Å². The fraction of sp³-hybridized carbons (Fsp3) is 0.500. The topological polar surface area (TPSA) is 58.6 Å². The van der Waals surface area contributed by atoms with E-state index in [0.29, 0.717) is 32.7 Å². The van der Waals surface area contributed by atoms with Crippen LogP contribution in [0.1, 0.15) is 24.0 Å². The Morgan fingerprint density at radius 1 is 1.43 bits per heavy atom. The van der Waals surface area contributed by atoms with E-state index in [9.17, 15) is 9.59 Å². The number of benzene rings is 1. The molecule has 0 atom stereocenters. The monoisotopic (exact) mass is 290 g/mol. The van der Waals surface area contributed by atoms with Crippen LogP contribution in [0.25, 0.3) is 0 Å². The first kappa shape index (κ1) is 15.4. The summed E-state index contributed by atoms with van der Waals surface area (Å²) in [6, 6.07) is 8.20. The Kier molecular flexibility index (Phi) is 5.60. The molecule has 114 valence electrons. The maximum absolute atomic E-state index is 11.7. The Morgan fingerprint density at radius 3 is 3.00 bits per heavy atom. The third-order valence-corrected chi connectivity index (χ3v) is 3.50. The number of nitrogens with one attached hydrogen (secondary N) is 1. The van der Waals surface area contributed by atoms with Crippen molar-refractivity contribution in [3.05, 3.63) is 35.4 Å². The van der Waals surface area contributed by atoms with E-state index in [-0.39, 0.29) is 12.0 Å². The van der Waals surface area contributed by atoms with Gasteiger partial charge in [0.2, 0.25) is 5.91 Å². The largest absolute Gasteiger partial charge is 0.448 e. The molecule has 0 saturated carbocycles. The summed E-state index contributed by atoms with van der Waals surface area (Å²) in [5.74, 6) is 0.0560. The van der Waals surface area contributed by atoms with E-state index < -0.39 is 0 Å². The average molecular weight is 290 g/mol. The quantitative estimate of drug-likeness (QED) is 0.780. The van der Waals surface area contributed by atoms with Gasteiger partial charge in [0, 0.05) is 19.5 Å². The van der Waals surface area contributed by atoms with E-state index in [0.717, 1.165) is 12.8 Å². The van der Waals surface area contributed by atoms with Gasteiger partial charge in [-0.2, -0.15) is 0 Å². The molecule has 1 saturated heterocycles. The predicted molar refractivity (Wildman–Crippen MR) is 80.0 cm³/mol. The molecule has 1 aliphatic rings. The van der Waals surface area contributed by atoms with E-state index in [1.807, 2.05) is 25.1 Å². The molecule has 0 radical (unpaired) electrons. The SMILES string of the molecule is Cc1cccc(CCC(=O)NCCCN2CCOC2=O)c1. The van der Waals surface area contributed by atoms with Crippen LogP contribution in [0.2, 0.25) is 0 Å². The first-order valence-corrected chi connectivity index (χ1v) is 7.39. The van der Waals surface area contributed by atoms with Crippen LogP contribution in [0.4, 0.5) is 4.79 Å². The highest BCUT2D eigenvalue weighted by Gasteiger charge is 2.20. The van der Waals surface area contributed by atoms with E-state index in [4.69, 9.17) is 4.74 Å². The first-order valence-electron chi connectivity index (χ1n) is 7.39. The summed E-state index contributed by atoms with van der Waals surface area (Å²) >= 11 is 0. The summed E-state index contributed by atoms with van der Waals surface area (Å²) in [6.07, 6.45) is 1.76. The molecule has 1 aliphatic heterocycles. The second-order valence-corrected chi connectivity index (χ2v) is 5.29. The standard InChI is InChI=1S/C16H22N2O3/c1-13-4-2-5-14(12-13)6-7-15(19)17-8-3-9-18-10-11-21-16(18)20/h2,4-5,12H,3,6-11H2,1H3,(H,17,19). The molecule has 0 aromatic heterocycles. The second kappa shape index (κ2) is 7.67. The summed E-state index contributed by atoms with van der Waals surface area (Å²) in [4.78, 5) is 24.6. The van der Waals surface area contributed by atoms with E-state index >= 15 is 0 Å². The molecule has 1 heterocycles. The maximum Gasteiger partial charge on any atom is 0.409 e. The zero-order valence-corrected chi connectivity index (χ0v) is 12.4. The Morgan fingerprint density at radius 2 is 2.29 bits per heavy atom. The molecule has 1 N–H and O–H groups in total. The summed E-state index contributed by atoms with van der Waals surface area (Å²) in [5, 5.41) is 2.89. The number of aryl methyl sites for hydroxylation is 2. The summed E-state index contributed by atoms with van der Waals surface area (Å²) in [5.41, 5.74) is 2.40. The van der Waals surface area contributed by atoms with Gasteiger partial charge < -0.3 is 15.0 Å². The molecule has 0 bridgehead atoms. The number of rotatable bonds is 7. The van der Waals surface area contributed by atoms with Crippen LogP contribution in [-0.2, 0) is 16.0 Å². The van der Waals surface area contributed by atoms with Gasteiger partial charge in [-0.15, -0.1) is 0 Å². The molecule has 0 spiro atoms. The minimum absolute atomic E-state index is 0.0560. The minimum Gasteiger partial charge on any atom is -0.448 e. The molecular formula is C16H22N2O3. The van der Waals surface area contributed by atoms with Gasteiger partial charge in [-0.1, -0.05) is 29.8 Å². The molecule has 1 fully saturated rings. The van der Waals surface area contributed by atoms with Gasteiger partial charge in [-0.05, 0) is 25.3 Å². The van der Waals surface area contributed by atoms with Crippen molar-refractivity contribution in [2.75, 3.05) is 26.2 Å². The summed E-state index contributed by atoms with van der Waals surface area (Å²) in [7, 11) is 0. The van der Waals surface area contributed by atoms with E-state index in [1.54, 1.807) is 4.90 Å². The minimum atomic E-state index is -0.249. The fourth-order valence-electron chi connectivity index (χ4n) is 2.34. The van der Waals surface area contributed by atoms with Crippen molar-refractivity contribution < 1.29 is 14.3 Å².